The van der Waals surface area contributed by atoms with Crippen molar-refractivity contribution in [1.29, 1.82) is 0 Å². The maximum Gasteiger partial charge on any atom is 0.321 e. The van der Waals surface area contributed by atoms with Gasteiger partial charge in [0.2, 0.25) is 0 Å². The number of allylic oxidation sites excluding steroid dienone is 2. The molecule has 1 heterocycles. The number of cyclic esters (lactones) is 1. The summed E-state index contributed by atoms with van der Waals surface area (Å²) < 4.78 is 5.47. The van der Waals surface area contributed by atoms with Gasteiger partial charge < -0.3 is 9.84 Å². The highest BCUT2D eigenvalue weighted by atomic mass is 16.6. The Labute approximate surface area is 134 Å². The average molecular weight is 313 g/mol. The zero-order valence-electron chi connectivity index (χ0n) is 12.6. The first-order valence-corrected chi connectivity index (χ1v) is 8.05. The molecule has 1 saturated carbocycles. The second kappa shape index (κ2) is 5.49. The number of esters is 1. The number of aliphatic carboxylic acids is 1. The first-order valence-electron chi connectivity index (χ1n) is 8.05. The van der Waals surface area contributed by atoms with E-state index in [4.69, 9.17) is 4.74 Å². The predicted molar refractivity (Wildman–Crippen MR) is 82.3 cm³/mol. The van der Waals surface area contributed by atoms with E-state index in [1.807, 2.05) is 30.3 Å². The second-order valence-electron chi connectivity index (χ2n) is 6.66. The van der Waals surface area contributed by atoms with Crippen LogP contribution in [-0.4, -0.2) is 29.3 Å². The summed E-state index contributed by atoms with van der Waals surface area (Å²) in [6, 6.07) is 8.72. The Balaban J connectivity index is 1.50. The molecule has 0 amide bonds. The highest BCUT2D eigenvalue weighted by Crippen LogP contribution is 2.53. The van der Waals surface area contributed by atoms with Crippen molar-refractivity contribution >= 4 is 11.9 Å². The predicted octanol–water partition coefficient (Wildman–Crippen LogP) is 1.59. The molecule has 5 heteroatoms. The van der Waals surface area contributed by atoms with Gasteiger partial charge in [-0.3, -0.25) is 14.9 Å². The summed E-state index contributed by atoms with van der Waals surface area (Å²) in [4.78, 5) is 23.7. The number of rotatable bonds is 5. The topological polar surface area (TPSA) is 75.6 Å². The zero-order chi connectivity index (χ0) is 16.0. The SMILES string of the molecule is O=C(O)C(Cc1ccccc1)NC1OC(=O)C2C3C=CC(C3)C12. The van der Waals surface area contributed by atoms with Crippen molar-refractivity contribution in [3.63, 3.8) is 0 Å². The average Bonchev–Trinajstić information content (AvgIpc) is 3.22. The largest absolute Gasteiger partial charge is 0.480 e. The molecule has 2 bridgehead atoms. The third kappa shape index (κ3) is 2.45. The fourth-order valence-electron chi connectivity index (χ4n) is 4.30. The highest BCUT2D eigenvalue weighted by Gasteiger charge is 2.58. The molecule has 2 fully saturated rings. The van der Waals surface area contributed by atoms with Crippen LogP contribution in [0.5, 0.6) is 0 Å². The Bertz CT molecular complexity index is 656. The standard InChI is InChI=1S/C18H19NO4/c20-17(21)13(8-10-4-2-1-3-5-10)19-16-14-11-6-7-12(9-11)15(14)18(22)23-16/h1-7,11-16,19H,8-9H2,(H,20,21). The summed E-state index contributed by atoms with van der Waals surface area (Å²) >= 11 is 0. The molecule has 0 radical (unpaired) electrons. The minimum atomic E-state index is -0.924. The van der Waals surface area contributed by atoms with Gasteiger partial charge in [-0.15, -0.1) is 0 Å². The van der Waals surface area contributed by atoms with E-state index in [1.54, 1.807) is 0 Å². The van der Waals surface area contributed by atoms with E-state index >= 15 is 0 Å². The summed E-state index contributed by atoms with van der Waals surface area (Å²) in [6.07, 6.45) is 5.10. The van der Waals surface area contributed by atoms with E-state index in [9.17, 15) is 14.7 Å². The lowest BCUT2D eigenvalue weighted by Gasteiger charge is -2.26. The fraction of sp³-hybridized carbons (Fsp3) is 0.444. The van der Waals surface area contributed by atoms with Gasteiger partial charge in [0.15, 0.2) is 6.23 Å². The number of ether oxygens (including phenoxy) is 1. The molecule has 1 aliphatic heterocycles. The van der Waals surface area contributed by atoms with Crippen LogP contribution in [0, 0.1) is 23.7 Å². The molecule has 6 unspecified atom stereocenters. The van der Waals surface area contributed by atoms with Gasteiger partial charge in [-0.1, -0.05) is 42.5 Å². The van der Waals surface area contributed by atoms with Crippen LogP contribution in [0.4, 0.5) is 0 Å². The zero-order valence-corrected chi connectivity index (χ0v) is 12.6. The van der Waals surface area contributed by atoms with Crippen molar-refractivity contribution in [2.45, 2.75) is 25.1 Å². The molecule has 1 saturated heterocycles. The maximum atomic E-state index is 12.1. The summed E-state index contributed by atoms with van der Waals surface area (Å²) in [6.45, 7) is 0. The van der Waals surface area contributed by atoms with Crippen molar-refractivity contribution in [1.82, 2.24) is 5.32 Å². The van der Waals surface area contributed by atoms with Crippen LogP contribution in [0.25, 0.3) is 0 Å². The van der Waals surface area contributed by atoms with Crippen LogP contribution in [0.3, 0.4) is 0 Å². The fourth-order valence-corrected chi connectivity index (χ4v) is 4.30. The minimum Gasteiger partial charge on any atom is -0.480 e. The molecular weight excluding hydrogens is 294 g/mol. The first kappa shape index (κ1) is 14.5. The van der Waals surface area contributed by atoms with Gasteiger partial charge in [0.25, 0.3) is 0 Å². The third-order valence-electron chi connectivity index (χ3n) is 5.33. The quantitative estimate of drug-likeness (QED) is 0.638. The summed E-state index contributed by atoms with van der Waals surface area (Å²) in [5.41, 5.74) is 0.945. The lowest BCUT2D eigenvalue weighted by atomic mass is 9.84. The van der Waals surface area contributed by atoms with Crippen molar-refractivity contribution in [2.75, 3.05) is 0 Å². The van der Waals surface area contributed by atoms with Crippen LogP contribution in [0.1, 0.15) is 12.0 Å². The lowest BCUT2D eigenvalue weighted by molar-refractivity contribution is -0.149. The number of fused-ring (bicyclic) bond motifs is 5. The number of hydrogen-bond acceptors (Lipinski definition) is 4. The van der Waals surface area contributed by atoms with Crippen LogP contribution < -0.4 is 5.32 Å². The van der Waals surface area contributed by atoms with Crippen LogP contribution in [-0.2, 0) is 20.7 Å². The normalized spacial score (nSPS) is 35.1. The van der Waals surface area contributed by atoms with E-state index in [-0.39, 0.29) is 23.7 Å². The molecule has 1 aromatic rings. The van der Waals surface area contributed by atoms with Gasteiger partial charge >= 0.3 is 11.9 Å². The number of nitrogens with one attached hydrogen (secondary N) is 1. The molecule has 5 nitrogen and oxygen atoms in total. The number of hydrogen-bond donors (Lipinski definition) is 2. The number of carbonyl (C=O) groups excluding carboxylic acids is 1. The number of benzene rings is 1. The van der Waals surface area contributed by atoms with Gasteiger partial charge in [0.1, 0.15) is 6.04 Å². The van der Waals surface area contributed by atoms with E-state index in [1.165, 1.54) is 0 Å². The van der Waals surface area contributed by atoms with Crippen LogP contribution in [0.15, 0.2) is 42.5 Å². The molecule has 120 valence electrons. The third-order valence-corrected chi connectivity index (χ3v) is 5.33. The molecular formula is C18H19NO4. The Morgan fingerprint density at radius 1 is 1.26 bits per heavy atom. The molecule has 0 aromatic heterocycles. The van der Waals surface area contributed by atoms with Gasteiger partial charge in [0.05, 0.1) is 5.92 Å². The van der Waals surface area contributed by atoms with E-state index in [2.05, 4.69) is 17.5 Å². The van der Waals surface area contributed by atoms with E-state index in [0.717, 1.165) is 12.0 Å². The minimum absolute atomic E-state index is 0.0649. The highest BCUT2D eigenvalue weighted by molar-refractivity contribution is 5.78. The summed E-state index contributed by atoms with van der Waals surface area (Å²) in [5.74, 6) is -0.564. The van der Waals surface area contributed by atoms with Crippen LogP contribution in [0.2, 0.25) is 0 Å². The smallest absolute Gasteiger partial charge is 0.321 e. The molecule has 2 aliphatic carbocycles. The molecule has 1 aromatic carbocycles. The summed E-state index contributed by atoms with van der Waals surface area (Å²) in [7, 11) is 0. The molecule has 4 rings (SSSR count). The van der Waals surface area contributed by atoms with Crippen molar-refractivity contribution in [2.24, 2.45) is 23.7 Å². The van der Waals surface area contributed by atoms with Gasteiger partial charge in [-0.25, -0.2) is 0 Å². The van der Waals surface area contributed by atoms with E-state index in [0.29, 0.717) is 12.3 Å². The molecule has 0 spiro atoms. The molecule has 2 N–H and O–H groups in total. The number of carboxylic acid groups (broad SMARTS) is 1. The van der Waals surface area contributed by atoms with Crippen molar-refractivity contribution in [3.8, 4) is 0 Å². The van der Waals surface area contributed by atoms with E-state index < -0.39 is 18.2 Å². The maximum absolute atomic E-state index is 12.1. The van der Waals surface area contributed by atoms with Crippen LogP contribution >= 0.6 is 0 Å². The Hall–Kier alpha value is -2.14. The Morgan fingerprint density at radius 2 is 2.00 bits per heavy atom. The van der Waals surface area contributed by atoms with Gasteiger partial charge in [-0.05, 0) is 30.2 Å². The molecule has 3 aliphatic rings. The lowest BCUT2D eigenvalue weighted by Crippen LogP contribution is -2.48. The monoisotopic (exact) mass is 313 g/mol. The van der Waals surface area contributed by atoms with Gasteiger partial charge in [-0.2, -0.15) is 0 Å². The molecule has 6 atom stereocenters. The van der Waals surface area contributed by atoms with Crippen molar-refractivity contribution < 1.29 is 19.4 Å². The Morgan fingerprint density at radius 3 is 2.74 bits per heavy atom. The second-order valence-corrected chi connectivity index (χ2v) is 6.66. The first-order chi connectivity index (χ1) is 11.1. The Kier molecular flexibility index (Phi) is 3.45. The van der Waals surface area contributed by atoms with Crippen molar-refractivity contribution in [3.05, 3.63) is 48.0 Å². The summed E-state index contributed by atoms with van der Waals surface area (Å²) in [5, 5.41) is 12.6. The molecule has 23 heavy (non-hydrogen) atoms. The van der Waals surface area contributed by atoms with Gasteiger partial charge in [0, 0.05) is 5.92 Å². The number of carbonyl (C=O) groups is 2. The number of carboxylic acids is 1.